The molecule has 1 heterocycles. The van der Waals surface area contributed by atoms with Crippen LogP contribution in [0.25, 0.3) is 0 Å². The predicted octanol–water partition coefficient (Wildman–Crippen LogP) is 3.68. The molecule has 0 N–H and O–H groups in total. The second-order valence-electron chi connectivity index (χ2n) is 7.55. The zero-order valence-electron chi connectivity index (χ0n) is 16.0. The molecule has 7 heteroatoms. The molecule has 1 aromatic rings. The molecule has 0 spiro atoms. The molecule has 1 atom stereocenters. The van der Waals surface area contributed by atoms with Crippen molar-refractivity contribution < 1.29 is 19.1 Å². The van der Waals surface area contributed by atoms with Crippen LogP contribution in [0.5, 0.6) is 0 Å². The molecule has 1 aliphatic heterocycles. The van der Waals surface area contributed by atoms with Gasteiger partial charge in [0.25, 0.3) is 0 Å². The average Bonchev–Trinajstić information content (AvgIpc) is 2.54. The van der Waals surface area contributed by atoms with E-state index in [9.17, 15) is 9.59 Å². The molecular weight excluding hydrogens is 400 g/mol. The molecule has 0 aromatic heterocycles. The Labute approximate surface area is 163 Å². The number of carbonyl (C=O) groups is 2. The van der Waals surface area contributed by atoms with Crippen LogP contribution >= 0.6 is 15.9 Å². The third kappa shape index (κ3) is 5.45. The molecule has 0 radical (unpaired) electrons. The Hall–Kier alpha value is -1.60. The number of methoxy groups -OCH3 is 1. The monoisotopic (exact) mass is 426 g/mol. The van der Waals surface area contributed by atoms with Crippen molar-refractivity contribution in [3.63, 3.8) is 0 Å². The fourth-order valence-corrected chi connectivity index (χ4v) is 3.36. The zero-order chi connectivity index (χ0) is 19.5. The molecule has 1 amide bonds. The average molecular weight is 427 g/mol. The highest BCUT2D eigenvalue weighted by molar-refractivity contribution is 9.10. The van der Waals surface area contributed by atoms with Crippen LogP contribution < -0.4 is 0 Å². The molecule has 26 heavy (non-hydrogen) atoms. The lowest BCUT2D eigenvalue weighted by Gasteiger charge is -2.40. The van der Waals surface area contributed by atoms with E-state index in [1.807, 2.05) is 39.8 Å². The van der Waals surface area contributed by atoms with Gasteiger partial charge in [-0.1, -0.05) is 22.0 Å². The summed E-state index contributed by atoms with van der Waals surface area (Å²) in [6.07, 6.45) is -0.274. The number of rotatable bonds is 3. The first-order valence-electron chi connectivity index (χ1n) is 8.69. The van der Waals surface area contributed by atoms with Gasteiger partial charge in [0.1, 0.15) is 5.60 Å². The summed E-state index contributed by atoms with van der Waals surface area (Å²) < 4.78 is 11.2. The molecule has 1 saturated heterocycles. The van der Waals surface area contributed by atoms with Gasteiger partial charge in [0.05, 0.1) is 12.7 Å². The second kappa shape index (κ2) is 8.39. The number of carbonyl (C=O) groups excluding carboxylic acids is 2. The first-order chi connectivity index (χ1) is 12.1. The summed E-state index contributed by atoms with van der Waals surface area (Å²) in [5.74, 6) is -0.346. The maximum Gasteiger partial charge on any atom is 0.410 e. The molecule has 1 fully saturated rings. The van der Waals surface area contributed by atoms with E-state index in [1.54, 1.807) is 11.0 Å². The van der Waals surface area contributed by atoms with E-state index < -0.39 is 5.60 Å². The predicted molar refractivity (Wildman–Crippen MR) is 103 cm³/mol. The van der Waals surface area contributed by atoms with Crippen LogP contribution in [0.15, 0.2) is 22.7 Å². The van der Waals surface area contributed by atoms with Crippen molar-refractivity contribution in [1.82, 2.24) is 9.80 Å². The zero-order valence-corrected chi connectivity index (χ0v) is 17.6. The van der Waals surface area contributed by atoms with Gasteiger partial charge >= 0.3 is 12.1 Å². The minimum absolute atomic E-state index is 0.0376. The standard InChI is InChI=1S/C19H27BrN2O4/c1-13-11-21(8-9-22(13)18(24)26-19(2,3)4)12-14-6-7-15(20)10-16(14)17(23)25-5/h6-7,10,13H,8-9,11-12H2,1-5H3/t13-/m1/s1. The fourth-order valence-electron chi connectivity index (χ4n) is 3.00. The number of halogens is 1. The Kier molecular flexibility index (Phi) is 6.69. The summed E-state index contributed by atoms with van der Waals surface area (Å²) in [4.78, 5) is 28.4. The summed E-state index contributed by atoms with van der Waals surface area (Å²) in [7, 11) is 1.38. The minimum atomic E-state index is -0.499. The number of hydrogen-bond donors (Lipinski definition) is 0. The Morgan fingerprint density at radius 2 is 1.96 bits per heavy atom. The van der Waals surface area contributed by atoms with Crippen molar-refractivity contribution in [3.05, 3.63) is 33.8 Å². The van der Waals surface area contributed by atoms with Gasteiger partial charge in [0.15, 0.2) is 0 Å². The Balaban J connectivity index is 2.04. The van der Waals surface area contributed by atoms with Crippen molar-refractivity contribution in [2.24, 2.45) is 0 Å². The molecule has 2 rings (SSSR count). The number of benzene rings is 1. The highest BCUT2D eigenvalue weighted by Crippen LogP contribution is 2.22. The molecule has 1 aliphatic rings. The topological polar surface area (TPSA) is 59.1 Å². The maximum absolute atomic E-state index is 12.3. The van der Waals surface area contributed by atoms with Crippen LogP contribution in [-0.2, 0) is 16.0 Å². The molecule has 0 saturated carbocycles. The van der Waals surface area contributed by atoms with Gasteiger partial charge in [-0.3, -0.25) is 4.90 Å². The van der Waals surface area contributed by atoms with Crippen LogP contribution in [-0.4, -0.2) is 60.2 Å². The third-order valence-electron chi connectivity index (χ3n) is 4.21. The molecule has 144 valence electrons. The van der Waals surface area contributed by atoms with Crippen LogP contribution in [0.3, 0.4) is 0 Å². The number of esters is 1. The Morgan fingerprint density at radius 1 is 1.27 bits per heavy atom. The first-order valence-corrected chi connectivity index (χ1v) is 9.48. The highest BCUT2D eigenvalue weighted by atomic mass is 79.9. The Bertz CT molecular complexity index is 672. The number of ether oxygens (including phenoxy) is 2. The summed E-state index contributed by atoms with van der Waals surface area (Å²) in [5.41, 5.74) is 0.975. The smallest absolute Gasteiger partial charge is 0.410 e. The summed E-state index contributed by atoms with van der Waals surface area (Å²) in [5, 5.41) is 0. The van der Waals surface area contributed by atoms with Gasteiger partial charge in [0, 0.05) is 36.7 Å². The largest absolute Gasteiger partial charge is 0.465 e. The second-order valence-corrected chi connectivity index (χ2v) is 8.47. The van der Waals surface area contributed by atoms with Crippen LogP contribution in [0.1, 0.15) is 43.6 Å². The number of piperazine rings is 1. The molecular formula is C19H27BrN2O4. The van der Waals surface area contributed by atoms with E-state index in [4.69, 9.17) is 9.47 Å². The van der Waals surface area contributed by atoms with E-state index in [-0.39, 0.29) is 18.1 Å². The van der Waals surface area contributed by atoms with Crippen LogP contribution in [0, 0.1) is 0 Å². The van der Waals surface area contributed by atoms with Gasteiger partial charge in [0.2, 0.25) is 0 Å². The van der Waals surface area contributed by atoms with Gasteiger partial charge in [-0.05, 0) is 45.4 Å². The fraction of sp³-hybridized carbons (Fsp3) is 0.579. The highest BCUT2D eigenvalue weighted by Gasteiger charge is 2.31. The number of nitrogens with zero attached hydrogens (tertiary/aromatic N) is 2. The van der Waals surface area contributed by atoms with Crippen molar-refractivity contribution in [3.8, 4) is 0 Å². The van der Waals surface area contributed by atoms with Crippen LogP contribution in [0.2, 0.25) is 0 Å². The maximum atomic E-state index is 12.3. The van der Waals surface area contributed by atoms with E-state index in [0.717, 1.165) is 23.1 Å². The SMILES string of the molecule is COC(=O)c1cc(Br)ccc1CN1CCN(C(=O)OC(C)(C)C)[C@H](C)C1. The summed E-state index contributed by atoms with van der Waals surface area (Å²) >= 11 is 3.40. The summed E-state index contributed by atoms with van der Waals surface area (Å²) in [6, 6.07) is 5.67. The van der Waals surface area contributed by atoms with Gasteiger partial charge in [-0.2, -0.15) is 0 Å². The lowest BCUT2D eigenvalue weighted by molar-refractivity contribution is 0.000547. The van der Waals surface area contributed by atoms with Crippen molar-refractivity contribution in [1.29, 1.82) is 0 Å². The van der Waals surface area contributed by atoms with Crippen molar-refractivity contribution in [2.45, 2.75) is 45.9 Å². The first kappa shape index (κ1) is 20.7. The quantitative estimate of drug-likeness (QED) is 0.689. The van der Waals surface area contributed by atoms with E-state index in [0.29, 0.717) is 18.7 Å². The van der Waals surface area contributed by atoms with E-state index >= 15 is 0 Å². The van der Waals surface area contributed by atoms with Crippen molar-refractivity contribution >= 4 is 28.0 Å². The van der Waals surface area contributed by atoms with Crippen molar-refractivity contribution in [2.75, 3.05) is 26.7 Å². The molecule has 0 bridgehead atoms. The number of amides is 1. The molecule has 0 unspecified atom stereocenters. The van der Waals surface area contributed by atoms with E-state index in [1.165, 1.54) is 7.11 Å². The van der Waals surface area contributed by atoms with Gasteiger partial charge < -0.3 is 14.4 Å². The number of hydrogen-bond acceptors (Lipinski definition) is 5. The third-order valence-corrected chi connectivity index (χ3v) is 4.70. The van der Waals surface area contributed by atoms with E-state index in [2.05, 4.69) is 20.8 Å². The lowest BCUT2D eigenvalue weighted by Crippen LogP contribution is -2.54. The molecule has 1 aromatic carbocycles. The van der Waals surface area contributed by atoms with Gasteiger partial charge in [-0.25, -0.2) is 9.59 Å². The molecule has 0 aliphatic carbocycles. The lowest BCUT2D eigenvalue weighted by atomic mass is 10.1. The van der Waals surface area contributed by atoms with Gasteiger partial charge in [-0.15, -0.1) is 0 Å². The Morgan fingerprint density at radius 3 is 2.54 bits per heavy atom. The molecule has 6 nitrogen and oxygen atoms in total. The minimum Gasteiger partial charge on any atom is -0.465 e. The van der Waals surface area contributed by atoms with Crippen LogP contribution in [0.4, 0.5) is 4.79 Å². The summed E-state index contributed by atoms with van der Waals surface area (Å²) in [6.45, 7) is 10.3. The normalized spacial score (nSPS) is 18.5.